The molecule has 0 amide bonds. The molecule has 0 saturated carbocycles. The molecule has 5 nitrogen and oxygen atoms in total. The second-order valence-corrected chi connectivity index (χ2v) is 8.59. The number of aliphatic hydroxyl groups is 1. The Balaban J connectivity index is 4.88. The molecule has 0 aromatic rings. The van der Waals surface area contributed by atoms with Gasteiger partial charge in [-0.2, -0.15) is 0 Å². The number of esters is 1. The molecule has 2 unspecified atom stereocenters. The lowest BCUT2D eigenvalue weighted by Gasteiger charge is -2.23. The first-order valence-electron chi connectivity index (χ1n) is 8.25. The molecule has 0 spiro atoms. The zero-order valence-corrected chi connectivity index (χ0v) is 16.1. The fourth-order valence-corrected chi connectivity index (χ4v) is 3.73. The maximum atomic E-state index is 12.3. The van der Waals surface area contributed by atoms with Crippen LogP contribution in [-0.4, -0.2) is 61.0 Å². The van der Waals surface area contributed by atoms with Crippen LogP contribution in [0.3, 0.4) is 0 Å². The van der Waals surface area contributed by atoms with Crippen molar-refractivity contribution in [3.8, 4) is 0 Å². The van der Waals surface area contributed by atoms with E-state index in [1.165, 1.54) is 0 Å². The molecular weight excluding hydrogens is 313 g/mol. The lowest BCUT2D eigenvalue weighted by Crippen LogP contribution is -2.40. The number of aliphatic hydroxyl groups excluding tert-OH is 1. The fraction of sp³-hybridized carbons (Fsp3) is 0.765. The van der Waals surface area contributed by atoms with Gasteiger partial charge in [0.2, 0.25) is 0 Å². The van der Waals surface area contributed by atoms with Crippen LogP contribution in [0.25, 0.3) is 0 Å². The van der Waals surface area contributed by atoms with Gasteiger partial charge in [-0.25, -0.2) is 4.79 Å². The van der Waals surface area contributed by atoms with Crippen LogP contribution in [0.1, 0.15) is 39.5 Å². The average molecular weight is 346 g/mol. The summed E-state index contributed by atoms with van der Waals surface area (Å²) in [5.74, 6) is 0.0654. The standard InChI is InChI=1S/C17H32NO4P/c1-7-14(8-2)10-11-15(22-16(19)9-3)13-23(21)17(20)12-18(4,5)6/h9,14-15H,3,7-8,10-13H2,1-2,4-6H3/p+1. The van der Waals surface area contributed by atoms with Crippen molar-refractivity contribution in [1.29, 1.82) is 0 Å². The summed E-state index contributed by atoms with van der Waals surface area (Å²) in [5.41, 5.74) is -0.0188. The highest BCUT2D eigenvalue weighted by Crippen LogP contribution is 2.23. The second kappa shape index (κ2) is 10.9. The average Bonchev–Trinajstić information content (AvgIpc) is 2.45. The summed E-state index contributed by atoms with van der Waals surface area (Å²) < 4.78 is 5.82. The van der Waals surface area contributed by atoms with Gasteiger partial charge in [-0.3, -0.25) is 0 Å². The molecule has 0 aromatic heterocycles. The van der Waals surface area contributed by atoms with E-state index in [1.807, 2.05) is 21.1 Å². The van der Waals surface area contributed by atoms with Crippen molar-refractivity contribution < 1.29 is 24.0 Å². The fourth-order valence-electron chi connectivity index (χ4n) is 2.31. The molecule has 2 atom stereocenters. The molecule has 1 N–H and O–H groups in total. The predicted octanol–water partition coefficient (Wildman–Crippen LogP) is 2.27. The minimum absolute atomic E-state index is 0.0188. The van der Waals surface area contributed by atoms with Crippen molar-refractivity contribution in [2.75, 3.05) is 33.8 Å². The third kappa shape index (κ3) is 10.6. The van der Waals surface area contributed by atoms with Crippen LogP contribution in [0.2, 0.25) is 0 Å². The summed E-state index contributed by atoms with van der Waals surface area (Å²) in [4.78, 5) is 23.8. The molecule has 0 aromatic carbocycles. The highest BCUT2D eigenvalue weighted by molar-refractivity contribution is 7.51. The molecule has 0 aliphatic rings. The van der Waals surface area contributed by atoms with Gasteiger partial charge in [0.25, 0.3) is 5.48 Å². The van der Waals surface area contributed by atoms with Crippen LogP contribution < -0.4 is 4.89 Å². The molecule has 0 aliphatic heterocycles. The number of ether oxygens (including phenoxy) is 1. The van der Waals surface area contributed by atoms with Gasteiger partial charge in [-0.15, -0.1) is 0 Å². The number of rotatable bonds is 11. The van der Waals surface area contributed by atoms with E-state index >= 15 is 0 Å². The Bertz CT molecular complexity index is 411. The van der Waals surface area contributed by atoms with Crippen LogP contribution >= 0.6 is 7.77 Å². The Morgan fingerprint density at radius 1 is 1.30 bits per heavy atom. The van der Waals surface area contributed by atoms with Gasteiger partial charge in [0, 0.05) is 6.08 Å². The maximum absolute atomic E-state index is 12.3. The van der Waals surface area contributed by atoms with Gasteiger partial charge >= 0.3 is 5.97 Å². The van der Waals surface area contributed by atoms with Crippen molar-refractivity contribution in [3.05, 3.63) is 12.7 Å². The van der Waals surface area contributed by atoms with Gasteiger partial charge in [-0.05, 0) is 18.8 Å². The van der Waals surface area contributed by atoms with Crippen molar-refractivity contribution in [2.24, 2.45) is 5.92 Å². The number of carbonyl (C=O) groups excluding carboxylic acids is 1. The molecule has 0 saturated heterocycles. The minimum atomic E-state index is -1.93. The smallest absolute Gasteiger partial charge is 0.330 e. The molecule has 0 fully saturated rings. The second-order valence-electron chi connectivity index (χ2n) is 6.95. The van der Waals surface area contributed by atoms with Crippen molar-refractivity contribution in [3.63, 3.8) is 0 Å². The topological polar surface area (TPSA) is 69.6 Å². The summed E-state index contributed by atoms with van der Waals surface area (Å²) in [7, 11) is 3.83. The quantitative estimate of drug-likeness (QED) is 0.270. The van der Waals surface area contributed by atoms with Gasteiger partial charge < -0.3 is 19.2 Å². The summed E-state index contributed by atoms with van der Waals surface area (Å²) in [6.45, 7) is 8.00. The Hall–Kier alpha value is -0.740. The predicted molar refractivity (Wildman–Crippen MR) is 95.0 cm³/mol. The normalized spacial score (nSPS) is 14.4. The largest absolute Gasteiger partial charge is 0.628 e. The van der Waals surface area contributed by atoms with Crippen molar-refractivity contribution >= 4 is 19.2 Å². The Labute approximate surface area is 142 Å². The van der Waals surface area contributed by atoms with E-state index in [1.54, 1.807) is 0 Å². The van der Waals surface area contributed by atoms with Crippen molar-refractivity contribution in [1.82, 2.24) is 0 Å². The molecular formula is C17H33NO4P+. The molecule has 0 heterocycles. The Morgan fingerprint density at radius 2 is 1.87 bits per heavy atom. The molecule has 134 valence electrons. The monoisotopic (exact) mass is 346 g/mol. The number of hydrogen-bond acceptors (Lipinski definition) is 3. The first-order valence-corrected chi connectivity index (χ1v) is 9.70. The highest BCUT2D eigenvalue weighted by atomic mass is 31.1. The number of likely N-dealkylation sites (N-methyl/N-ethyl adjacent to an activating group) is 1. The van der Waals surface area contributed by atoms with Gasteiger partial charge in [0.05, 0.1) is 28.9 Å². The van der Waals surface area contributed by atoms with E-state index < -0.39 is 19.8 Å². The molecule has 23 heavy (non-hydrogen) atoms. The SMILES string of the molecule is C=CC(=O)OC(CCC(CC)CC)C/[P+]([O-])=C(\O)C[N+](C)(C)C. The molecule has 0 rings (SSSR count). The first kappa shape index (κ1) is 22.3. The van der Waals surface area contributed by atoms with Gasteiger partial charge in [0.1, 0.15) is 12.3 Å². The van der Waals surface area contributed by atoms with Crippen LogP contribution in [0.15, 0.2) is 12.7 Å². The molecule has 0 aliphatic carbocycles. The number of hydrogen-bond donors (Lipinski definition) is 1. The van der Waals surface area contributed by atoms with E-state index in [-0.39, 0.29) is 11.6 Å². The summed E-state index contributed by atoms with van der Waals surface area (Å²) in [5, 5.41) is 10.0. The lowest BCUT2D eigenvalue weighted by atomic mass is 9.96. The number of quaternary nitrogens is 1. The van der Waals surface area contributed by atoms with E-state index in [2.05, 4.69) is 20.4 Å². The van der Waals surface area contributed by atoms with E-state index in [0.29, 0.717) is 23.4 Å². The van der Waals surface area contributed by atoms with E-state index in [9.17, 15) is 14.8 Å². The van der Waals surface area contributed by atoms with Crippen LogP contribution in [0.4, 0.5) is 0 Å². The summed E-state index contributed by atoms with van der Waals surface area (Å²) in [6.07, 6.45) is 4.56. The number of carbonyl (C=O) groups is 1. The molecule has 0 radical (unpaired) electrons. The zero-order chi connectivity index (χ0) is 18.0. The molecule has 6 heteroatoms. The van der Waals surface area contributed by atoms with Crippen LogP contribution in [0.5, 0.6) is 0 Å². The van der Waals surface area contributed by atoms with Crippen LogP contribution in [0, 0.1) is 5.92 Å². The maximum Gasteiger partial charge on any atom is 0.330 e. The Morgan fingerprint density at radius 3 is 2.30 bits per heavy atom. The third-order valence-corrected chi connectivity index (χ3v) is 5.23. The minimum Gasteiger partial charge on any atom is -0.628 e. The van der Waals surface area contributed by atoms with E-state index in [4.69, 9.17) is 4.74 Å². The summed E-state index contributed by atoms with van der Waals surface area (Å²) in [6, 6.07) is 0. The van der Waals surface area contributed by atoms with E-state index in [0.717, 1.165) is 25.3 Å². The summed E-state index contributed by atoms with van der Waals surface area (Å²) >= 11 is 0. The highest BCUT2D eigenvalue weighted by Gasteiger charge is 2.23. The number of nitrogens with zero attached hydrogens (tertiary/aromatic N) is 1. The molecule has 0 bridgehead atoms. The Kier molecular flexibility index (Phi) is 10.6. The van der Waals surface area contributed by atoms with Crippen LogP contribution in [-0.2, 0) is 9.53 Å². The van der Waals surface area contributed by atoms with Crippen molar-refractivity contribution in [2.45, 2.75) is 45.6 Å². The first-order chi connectivity index (χ1) is 10.6. The zero-order valence-electron chi connectivity index (χ0n) is 15.2. The van der Waals surface area contributed by atoms with Gasteiger partial charge in [-0.1, -0.05) is 33.3 Å². The third-order valence-electron chi connectivity index (χ3n) is 3.77. The van der Waals surface area contributed by atoms with Gasteiger partial charge in [0.15, 0.2) is 6.54 Å². The lowest BCUT2D eigenvalue weighted by molar-refractivity contribution is -0.861.